The lowest BCUT2D eigenvalue weighted by molar-refractivity contribution is 0.206. The molecule has 0 amide bonds. The highest BCUT2D eigenvalue weighted by Crippen LogP contribution is 2.35. The fraction of sp³-hybridized carbons (Fsp3) is 0.538. The molecule has 0 unspecified atom stereocenters. The fourth-order valence-corrected chi connectivity index (χ4v) is 2.11. The number of furan rings is 1. The molecule has 0 N–H and O–H groups in total. The van der Waals surface area contributed by atoms with Crippen molar-refractivity contribution < 1.29 is 8.83 Å². The highest BCUT2D eigenvalue weighted by atomic mass is 16.4. The second-order valence-electron chi connectivity index (χ2n) is 4.97. The first-order valence-corrected chi connectivity index (χ1v) is 6.30. The van der Waals surface area contributed by atoms with Crippen molar-refractivity contribution in [1.29, 1.82) is 0 Å². The van der Waals surface area contributed by atoms with Crippen LogP contribution < -0.4 is 0 Å². The SMILES string of the molecule is C[C@H](C1CC1)N(C)Cc1nnc(-c2ccco2)o1. The first kappa shape index (κ1) is 11.5. The van der Waals surface area contributed by atoms with Gasteiger partial charge in [-0.15, -0.1) is 10.2 Å². The highest BCUT2D eigenvalue weighted by Gasteiger charge is 2.31. The lowest BCUT2D eigenvalue weighted by Gasteiger charge is -2.22. The van der Waals surface area contributed by atoms with Gasteiger partial charge in [0.15, 0.2) is 5.76 Å². The minimum atomic E-state index is 0.447. The summed E-state index contributed by atoms with van der Waals surface area (Å²) in [5, 5.41) is 8.05. The maximum atomic E-state index is 5.59. The van der Waals surface area contributed by atoms with E-state index in [1.54, 1.807) is 12.3 Å². The van der Waals surface area contributed by atoms with Crippen LogP contribution >= 0.6 is 0 Å². The summed E-state index contributed by atoms with van der Waals surface area (Å²) in [7, 11) is 2.10. The van der Waals surface area contributed by atoms with Crippen LogP contribution in [0, 0.1) is 5.92 Å². The van der Waals surface area contributed by atoms with Crippen molar-refractivity contribution in [1.82, 2.24) is 15.1 Å². The predicted molar refractivity (Wildman–Crippen MR) is 65.7 cm³/mol. The van der Waals surface area contributed by atoms with Gasteiger partial charge in [0.25, 0.3) is 5.89 Å². The number of aromatic nitrogens is 2. The van der Waals surface area contributed by atoms with Gasteiger partial charge in [-0.2, -0.15) is 0 Å². The molecule has 5 heteroatoms. The number of hydrogen-bond donors (Lipinski definition) is 0. The molecule has 0 spiro atoms. The Kier molecular flexibility index (Phi) is 2.91. The summed E-state index contributed by atoms with van der Waals surface area (Å²) in [5.41, 5.74) is 0. The van der Waals surface area contributed by atoms with E-state index >= 15 is 0 Å². The van der Waals surface area contributed by atoms with Crippen LogP contribution in [0.2, 0.25) is 0 Å². The van der Waals surface area contributed by atoms with Gasteiger partial charge in [0.2, 0.25) is 5.89 Å². The van der Waals surface area contributed by atoms with Crippen molar-refractivity contribution in [2.75, 3.05) is 7.05 Å². The monoisotopic (exact) mass is 247 g/mol. The van der Waals surface area contributed by atoms with Crippen molar-refractivity contribution >= 4 is 0 Å². The Morgan fingerprint density at radius 3 is 2.94 bits per heavy atom. The predicted octanol–water partition coefficient (Wildman–Crippen LogP) is 2.56. The van der Waals surface area contributed by atoms with Gasteiger partial charge >= 0.3 is 0 Å². The molecule has 96 valence electrons. The average Bonchev–Trinajstić information content (AvgIpc) is 2.89. The van der Waals surface area contributed by atoms with Crippen molar-refractivity contribution in [3.8, 4) is 11.7 Å². The lowest BCUT2D eigenvalue weighted by Crippen LogP contribution is -2.30. The molecule has 1 aliphatic rings. The Bertz CT molecular complexity index is 502. The summed E-state index contributed by atoms with van der Waals surface area (Å²) >= 11 is 0. The molecule has 2 aromatic heterocycles. The summed E-state index contributed by atoms with van der Waals surface area (Å²) in [5.74, 6) is 2.54. The molecular weight excluding hydrogens is 230 g/mol. The molecule has 1 aliphatic carbocycles. The molecule has 0 aromatic carbocycles. The van der Waals surface area contributed by atoms with E-state index in [2.05, 4.69) is 29.1 Å². The maximum absolute atomic E-state index is 5.59. The third kappa shape index (κ3) is 2.31. The number of rotatable bonds is 5. The van der Waals surface area contributed by atoms with Crippen LogP contribution in [0.1, 0.15) is 25.7 Å². The molecular formula is C13H17N3O2. The summed E-state index contributed by atoms with van der Waals surface area (Å²) in [6.45, 7) is 2.94. The number of nitrogens with zero attached hydrogens (tertiary/aromatic N) is 3. The molecule has 18 heavy (non-hydrogen) atoms. The summed E-state index contributed by atoms with van der Waals surface area (Å²) in [6.07, 6.45) is 4.28. The standard InChI is InChI=1S/C13H17N3O2/c1-9(10-5-6-10)16(2)8-12-14-15-13(18-12)11-4-3-7-17-11/h3-4,7,9-10H,5-6,8H2,1-2H3/t9-/m1/s1. The average molecular weight is 247 g/mol. The minimum absolute atomic E-state index is 0.447. The van der Waals surface area contributed by atoms with Gasteiger partial charge in [-0.25, -0.2) is 0 Å². The minimum Gasteiger partial charge on any atom is -0.459 e. The topological polar surface area (TPSA) is 55.3 Å². The first-order valence-electron chi connectivity index (χ1n) is 6.30. The maximum Gasteiger partial charge on any atom is 0.283 e. The van der Waals surface area contributed by atoms with Crippen LogP contribution in [0.4, 0.5) is 0 Å². The van der Waals surface area contributed by atoms with Crippen molar-refractivity contribution in [2.45, 2.75) is 32.4 Å². The lowest BCUT2D eigenvalue weighted by atomic mass is 10.2. The largest absolute Gasteiger partial charge is 0.459 e. The molecule has 1 saturated carbocycles. The van der Waals surface area contributed by atoms with Crippen LogP contribution in [-0.4, -0.2) is 28.2 Å². The highest BCUT2D eigenvalue weighted by molar-refractivity contribution is 5.42. The van der Waals surface area contributed by atoms with Gasteiger partial charge in [0.1, 0.15) is 0 Å². The van der Waals surface area contributed by atoms with Crippen molar-refractivity contribution in [3.05, 3.63) is 24.3 Å². The van der Waals surface area contributed by atoms with E-state index in [1.807, 2.05) is 6.07 Å². The van der Waals surface area contributed by atoms with Gasteiger partial charge in [-0.3, -0.25) is 4.90 Å². The zero-order valence-electron chi connectivity index (χ0n) is 10.7. The van der Waals surface area contributed by atoms with Crippen molar-refractivity contribution in [2.24, 2.45) is 5.92 Å². The van der Waals surface area contributed by atoms with Crippen LogP contribution in [-0.2, 0) is 6.54 Å². The van der Waals surface area contributed by atoms with Gasteiger partial charge < -0.3 is 8.83 Å². The van der Waals surface area contributed by atoms with Gasteiger partial charge in [0, 0.05) is 6.04 Å². The second kappa shape index (κ2) is 4.57. The third-order valence-corrected chi connectivity index (χ3v) is 3.58. The van der Waals surface area contributed by atoms with Gasteiger partial charge in [0.05, 0.1) is 12.8 Å². The smallest absolute Gasteiger partial charge is 0.283 e. The molecule has 0 radical (unpaired) electrons. The normalized spacial score (nSPS) is 17.3. The molecule has 1 fully saturated rings. The van der Waals surface area contributed by atoms with E-state index in [0.717, 1.165) is 5.92 Å². The molecule has 0 aliphatic heterocycles. The first-order chi connectivity index (χ1) is 8.74. The van der Waals surface area contributed by atoms with E-state index in [4.69, 9.17) is 8.83 Å². The van der Waals surface area contributed by atoms with Crippen LogP contribution in [0.5, 0.6) is 0 Å². The zero-order valence-corrected chi connectivity index (χ0v) is 10.7. The van der Waals surface area contributed by atoms with Crippen LogP contribution in [0.3, 0.4) is 0 Å². The van der Waals surface area contributed by atoms with E-state index in [1.165, 1.54) is 12.8 Å². The van der Waals surface area contributed by atoms with Gasteiger partial charge in [-0.05, 0) is 44.9 Å². The Morgan fingerprint density at radius 2 is 2.28 bits per heavy atom. The molecule has 2 heterocycles. The molecule has 2 aromatic rings. The van der Waals surface area contributed by atoms with E-state index in [-0.39, 0.29) is 0 Å². The van der Waals surface area contributed by atoms with E-state index < -0.39 is 0 Å². The summed E-state index contributed by atoms with van der Waals surface area (Å²) in [4.78, 5) is 2.26. The zero-order chi connectivity index (χ0) is 12.5. The molecule has 0 bridgehead atoms. The molecule has 0 saturated heterocycles. The Balaban J connectivity index is 1.66. The Labute approximate surface area is 106 Å². The second-order valence-corrected chi connectivity index (χ2v) is 4.97. The van der Waals surface area contributed by atoms with Crippen LogP contribution in [0.15, 0.2) is 27.2 Å². The van der Waals surface area contributed by atoms with E-state index in [0.29, 0.717) is 30.1 Å². The summed E-state index contributed by atoms with van der Waals surface area (Å²) in [6, 6.07) is 4.19. The Morgan fingerprint density at radius 1 is 1.44 bits per heavy atom. The van der Waals surface area contributed by atoms with E-state index in [9.17, 15) is 0 Å². The quantitative estimate of drug-likeness (QED) is 0.812. The van der Waals surface area contributed by atoms with Gasteiger partial charge in [-0.1, -0.05) is 0 Å². The summed E-state index contributed by atoms with van der Waals surface area (Å²) < 4.78 is 10.8. The fourth-order valence-electron chi connectivity index (χ4n) is 2.11. The third-order valence-electron chi connectivity index (χ3n) is 3.58. The molecule has 3 rings (SSSR count). The van der Waals surface area contributed by atoms with Crippen molar-refractivity contribution in [3.63, 3.8) is 0 Å². The Hall–Kier alpha value is -1.62. The van der Waals surface area contributed by atoms with Crippen LogP contribution in [0.25, 0.3) is 11.7 Å². The molecule has 1 atom stereocenters. The molecule has 5 nitrogen and oxygen atoms in total. The number of hydrogen-bond acceptors (Lipinski definition) is 5.